The molecule has 1 aromatic rings. The molecule has 1 heterocycles. The Morgan fingerprint density at radius 2 is 2.22 bits per heavy atom. The molecule has 8 heteroatoms. The van der Waals surface area contributed by atoms with Crippen LogP contribution in [0.4, 0.5) is 0 Å². The van der Waals surface area contributed by atoms with Crippen molar-refractivity contribution in [1.29, 1.82) is 0 Å². The number of nitrogens with zero attached hydrogens (tertiary/aromatic N) is 1. The van der Waals surface area contributed by atoms with Crippen LogP contribution in [0.2, 0.25) is 0 Å². The minimum Gasteiger partial charge on any atom is -0.478 e. The number of aromatic carboxylic acids is 1. The summed E-state index contributed by atoms with van der Waals surface area (Å²) in [5, 5.41) is 13.0. The van der Waals surface area contributed by atoms with Crippen LogP contribution in [0.25, 0.3) is 0 Å². The summed E-state index contributed by atoms with van der Waals surface area (Å²) in [5.74, 6) is -1.12. The summed E-state index contributed by atoms with van der Waals surface area (Å²) in [7, 11) is -0.282. The van der Waals surface area contributed by atoms with Gasteiger partial charge in [0.1, 0.15) is 4.21 Å². The normalized spacial score (nSPS) is 11.9. The molecule has 0 aromatic carbocycles. The fourth-order valence-electron chi connectivity index (χ4n) is 1.32. The van der Waals surface area contributed by atoms with E-state index in [0.717, 1.165) is 17.9 Å². The fourth-order valence-corrected chi connectivity index (χ4v) is 3.89. The van der Waals surface area contributed by atoms with Crippen molar-refractivity contribution in [2.45, 2.75) is 10.6 Å². The number of carbonyl (C=O) groups is 1. The van der Waals surface area contributed by atoms with Gasteiger partial charge in [0, 0.05) is 19.0 Å². The lowest BCUT2D eigenvalue weighted by molar-refractivity contribution is 0.0697. The van der Waals surface area contributed by atoms with Crippen molar-refractivity contribution in [1.82, 2.24) is 9.62 Å². The van der Waals surface area contributed by atoms with Crippen LogP contribution in [0.3, 0.4) is 0 Å². The highest BCUT2D eigenvalue weighted by Crippen LogP contribution is 2.23. The van der Waals surface area contributed by atoms with E-state index in [2.05, 4.69) is 5.32 Å². The van der Waals surface area contributed by atoms with E-state index in [-0.39, 0.29) is 9.77 Å². The first-order valence-electron chi connectivity index (χ1n) is 5.32. The average Bonchev–Trinajstić information content (AvgIpc) is 2.79. The third kappa shape index (κ3) is 3.52. The number of thiophene rings is 1. The SMILES string of the molecule is CNCCCN(C)S(=O)(=O)c1cc(C(=O)O)cs1. The Morgan fingerprint density at radius 3 is 2.72 bits per heavy atom. The van der Waals surface area contributed by atoms with Gasteiger partial charge in [-0.1, -0.05) is 0 Å². The van der Waals surface area contributed by atoms with E-state index in [1.165, 1.54) is 22.8 Å². The van der Waals surface area contributed by atoms with E-state index >= 15 is 0 Å². The monoisotopic (exact) mass is 292 g/mol. The van der Waals surface area contributed by atoms with Gasteiger partial charge in [0.25, 0.3) is 10.0 Å². The minimum absolute atomic E-state index is 0.00204. The molecule has 0 atom stereocenters. The molecule has 0 spiro atoms. The first kappa shape index (κ1) is 15.1. The van der Waals surface area contributed by atoms with Gasteiger partial charge < -0.3 is 10.4 Å². The lowest BCUT2D eigenvalue weighted by atomic mass is 10.4. The van der Waals surface area contributed by atoms with Crippen LogP contribution < -0.4 is 5.32 Å². The Labute approximate surface area is 110 Å². The highest BCUT2D eigenvalue weighted by molar-refractivity contribution is 7.91. The van der Waals surface area contributed by atoms with Gasteiger partial charge in [-0.25, -0.2) is 17.5 Å². The molecule has 0 amide bonds. The van der Waals surface area contributed by atoms with Crippen molar-refractivity contribution < 1.29 is 18.3 Å². The zero-order valence-electron chi connectivity index (χ0n) is 10.2. The van der Waals surface area contributed by atoms with Gasteiger partial charge in [0.15, 0.2) is 0 Å². The topological polar surface area (TPSA) is 86.7 Å². The van der Waals surface area contributed by atoms with Crippen LogP contribution in [0, 0.1) is 0 Å². The Morgan fingerprint density at radius 1 is 1.56 bits per heavy atom. The smallest absolute Gasteiger partial charge is 0.336 e. The zero-order valence-corrected chi connectivity index (χ0v) is 11.8. The number of carboxylic acids is 1. The maximum absolute atomic E-state index is 12.1. The summed E-state index contributed by atoms with van der Waals surface area (Å²) in [5.41, 5.74) is 0.00204. The number of sulfonamides is 1. The Balaban J connectivity index is 2.81. The Hall–Kier alpha value is -0.960. The molecule has 1 rings (SSSR count). The van der Waals surface area contributed by atoms with E-state index in [9.17, 15) is 13.2 Å². The van der Waals surface area contributed by atoms with Gasteiger partial charge in [-0.15, -0.1) is 11.3 Å². The first-order valence-corrected chi connectivity index (χ1v) is 7.64. The second kappa shape index (κ2) is 6.28. The van der Waals surface area contributed by atoms with Crippen LogP contribution in [-0.4, -0.2) is 51.0 Å². The molecular weight excluding hydrogens is 276 g/mol. The number of carboxylic acid groups (broad SMARTS) is 1. The van der Waals surface area contributed by atoms with Crippen LogP contribution in [0.15, 0.2) is 15.7 Å². The molecule has 0 saturated heterocycles. The van der Waals surface area contributed by atoms with E-state index in [1.807, 2.05) is 0 Å². The molecular formula is C10H16N2O4S2. The average molecular weight is 292 g/mol. The van der Waals surface area contributed by atoms with E-state index in [1.54, 1.807) is 7.05 Å². The molecule has 2 N–H and O–H groups in total. The summed E-state index contributed by atoms with van der Waals surface area (Å²) in [4.78, 5) is 10.7. The maximum Gasteiger partial charge on any atom is 0.336 e. The van der Waals surface area contributed by atoms with Gasteiger partial charge in [-0.05, 0) is 26.1 Å². The predicted octanol–water partition coefficient (Wildman–Crippen LogP) is 0.676. The zero-order chi connectivity index (χ0) is 13.8. The largest absolute Gasteiger partial charge is 0.478 e. The summed E-state index contributed by atoms with van der Waals surface area (Å²) >= 11 is 0.926. The molecule has 18 heavy (non-hydrogen) atoms. The molecule has 6 nitrogen and oxygen atoms in total. The van der Waals surface area contributed by atoms with Crippen molar-refractivity contribution in [2.24, 2.45) is 0 Å². The third-order valence-corrected chi connectivity index (χ3v) is 5.66. The Kier molecular flexibility index (Phi) is 5.27. The number of hydrogen-bond donors (Lipinski definition) is 2. The summed E-state index contributed by atoms with van der Waals surface area (Å²) < 4.78 is 25.5. The quantitative estimate of drug-likeness (QED) is 0.722. The molecule has 0 bridgehead atoms. The molecule has 0 aliphatic carbocycles. The first-order chi connectivity index (χ1) is 8.39. The number of rotatable bonds is 7. The van der Waals surface area contributed by atoms with Gasteiger partial charge in [0.05, 0.1) is 5.56 Å². The highest BCUT2D eigenvalue weighted by Gasteiger charge is 2.23. The minimum atomic E-state index is -3.57. The molecule has 0 aliphatic heterocycles. The maximum atomic E-state index is 12.1. The van der Waals surface area contributed by atoms with Crippen LogP contribution in [0.5, 0.6) is 0 Å². The fraction of sp³-hybridized carbons (Fsp3) is 0.500. The molecule has 0 saturated carbocycles. The predicted molar refractivity (Wildman–Crippen MR) is 69.6 cm³/mol. The van der Waals surface area contributed by atoms with Crippen molar-refractivity contribution in [3.63, 3.8) is 0 Å². The number of hydrogen-bond acceptors (Lipinski definition) is 5. The van der Waals surface area contributed by atoms with Gasteiger partial charge in [-0.2, -0.15) is 0 Å². The third-order valence-electron chi connectivity index (χ3n) is 2.39. The van der Waals surface area contributed by atoms with Crippen LogP contribution >= 0.6 is 11.3 Å². The van der Waals surface area contributed by atoms with Crippen molar-refractivity contribution in [3.8, 4) is 0 Å². The van der Waals surface area contributed by atoms with Crippen LogP contribution in [-0.2, 0) is 10.0 Å². The van der Waals surface area contributed by atoms with Crippen molar-refractivity contribution in [2.75, 3.05) is 27.2 Å². The van der Waals surface area contributed by atoms with E-state index < -0.39 is 16.0 Å². The second-order valence-corrected chi connectivity index (χ2v) is 6.93. The van der Waals surface area contributed by atoms with Crippen molar-refractivity contribution >= 4 is 27.3 Å². The standard InChI is InChI=1S/C10H16N2O4S2/c1-11-4-3-5-12(2)18(15,16)9-6-8(7-17-9)10(13)14/h6-7,11H,3-5H2,1-2H3,(H,13,14). The lowest BCUT2D eigenvalue weighted by Gasteiger charge is -2.15. The van der Waals surface area contributed by atoms with E-state index in [0.29, 0.717) is 13.0 Å². The molecule has 0 unspecified atom stereocenters. The lowest BCUT2D eigenvalue weighted by Crippen LogP contribution is -2.29. The molecule has 1 aromatic heterocycles. The highest BCUT2D eigenvalue weighted by atomic mass is 32.2. The van der Waals surface area contributed by atoms with Gasteiger partial charge in [-0.3, -0.25) is 0 Å². The number of nitrogens with one attached hydrogen (secondary N) is 1. The van der Waals surface area contributed by atoms with Gasteiger partial charge in [0.2, 0.25) is 0 Å². The summed E-state index contributed by atoms with van der Waals surface area (Å²) in [6.07, 6.45) is 0.698. The van der Waals surface area contributed by atoms with Gasteiger partial charge >= 0.3 is 5.97 Å². The van der Waals surface area contributed by atoms with Crippen LogP contribution in [0.1, 0.15) is 16.8 Å². The second-order valence-electron chi connectivity index (χ2n) is 3.74. The van der Waals surface area contributed by atoms with Crippen molar-refractivity contribution in [3.05, 3.63) is 17.0 Å². The Bertz CT molecular complexity index is 510. The molecule has 0 radical (unpaired) electrons. The summed E-state index contributed by atoms with van der Waals surface area (Å²) in [6, 6.07) is 1.19. The molecule has 0 fully saturated rings. The van der Waals surface area contributed by atoms with E-state index in [4.69, 9.17) is 5.11 Å². The summed E-state index contributed by atoms with van der Waals surface area (Å²) in [6.45, 7) is 1.12. The molecule has 0 aliphatic rings. The molecule has 102 valence electrons.